The molecule has 182 valence electrons. The number of unbranched alkanes of at least 4 members (excludes halogenated alkanes) is 3. The van der Waals surface area contributed by atoms with Crippen molar-refractivity contribution in [2.24, 2.45) is 0 Å². The number of fused-ring (bicyclic) bond motifs is 2. The fraction of sp³-hybridized carbons (Fsp3) is 0.720. The van der Waals surface area contributed by atoms with E-state index in [-0.39, 0.29) is 18.2 Å². The molecule has 0 bridgehead atoms. The summed E-state index contributed by atoms with van der Waals surface area (Å²) >= 11 is 3.61. The maximum atomic E-state index is 6.66. The van der Waals surface area contributed by atoms with E-state index in [0.29, 0.717) is 10.7 Å². The van der Waals surface area contributed by atoms with Gasteiger partial charge in [-0.15, -0.1) is 0 Å². The van der Waals surface area contributed by atoms with Crippen molar-refractivity contribution in [1.29, 1.82) is 0 Å². The molecule has 1 saturated heterocycles. The molecule has 8 heteroatoms. The average Bonchev–Trinajstić information content (AvgIpc) is 3.45. The molecule has 0 unspecified atom stereocenters. The Morgan fingerprint density at radius 1 is 0.970 bits per heavy atom. The molecule has 0 N–H and O–H groups in total. The van der Waals surface area contributed by atoms with E-state index in [4.69, 9.17) is 21.1 Å². The van der Waals surface area contributed by atoms with E-state index < -0.39 is 24.2 Å². The number of rotatable bonds is 11. The zero-order chi connectivity index (χ0) is 23.6. The van der Waals surface area contributed by atoms with E-state index in [1.54, 1.807) is 3.59 Å². The van der Waals surface area contributed by atoms with Crippen LogP contribution < -0.4 is 0 Å². The molecule has 0 amide bonds. The van der Waals surface area contributed by atoms with Gasteiger partial charge >= 0.3 is 208 Å². The van der Waals surface area contributed by atoms with E-state index in [9.17, 15) is 0 Å². The van der Waals surface area contributed by atoms with Crippen molar-refractivity contribution in [3.8, 4) is 0 Å². The van der Waals surface area contributed by atoms with Crippen LogP contribution in [-0.2, 0) is 9.47 Å². The second kappa shape index (κ2) is 10.5. The summed E-state index contributed by atoms with van der Waals surface area (Å²) < 4.78 is 21.2. The summed E-state index contributed by atoms with van der Waals surface area (Å²) in [5.74, 6) is -0.589. The Morgan fingerprint density at radius 2 is 1.61 bits per heavy atom. The van der Waals surface area contributed by atoms with E-state index in [1.807, 2.05) is 20.2 Å². The van der Waals surface area contributed by atoms with Gasteiger partial charge in [-0.1, -0.05) is 0 Å². The van der Waals surface area contributed by atoms with Gasteiger partial charge in [0.2, 0.25) is 0 Å². The number of nitrogens with zero attached hydrogens (tertiary/aromatic N) is 4. The van der Waals surface area contributed by atoms with Gasteiger partial charge in [0.05, 0.1) is 0 Å². The summed E-state index contributed by atoms with van der Waals surface area (Å²) in [6.45, 7) is 11.1. The SMILES string of the molecule is CCC[CH2][Sn]([CH2]CCC)([CH2]CCC)[C]1=C[C@@H](n2cnc3c(Cl)ncnc32)[C@@H]2OC(C)(C)O[C@H]12. The first-order valence-electron chi connectivity index (χ1n) is 12.8. The van der Waals surface area contributed by atoms with Crippen LogP contribution >= 0.6 is 11.6 Å². The zero-order valence-corrected chi connectivity index (χ0v) is 24.4. The molecule has 1 aliphatic heterocycles. The number of hydrogen-bond donors (Lipinski definition) is 0. The standard InChI is InChI=1S/C13H12ClN4O2.3C4H9.Sn/c1-13(2)19-8-4-3-7(10(8)20-13)18-6-17-9-11(14)15-5-16-12(9)18;3*1-3-4-2;/h3,5-8,10H,1-2H3;3*1,3-4H2,2H3;/t7-,8-,10+;;;;/m1..../s1. The molecule has 4 rings (SSSR count). The quantitative estimate of drug-likeness (QED) is 0.214. The van der Waals surface area contributed by atoms with E-state index in [0.717, 1.165) is 5.65 Å². The summed E-state index contributed by atoms with van der Waals surface area (Å²) in [4.78, 5) is 13.2. The van der Waals surface area contributed by atoms with Crippen molar-refractivity contribution in [2.75, 3.05) is 0 Å². The van der Waals surface area contributed by atoms with Crippen molar-refractivity contribution in [3.63, 3.8) is 0 Å². The van der Waals surface area contributed by atoms with Crippen molar-refractivity contribution < 1.29 is 9.47 Å². The number of aromatic nitrogens is 4. The Hall–Kier alpha value is -0.701. The number of ether oxygens (including phenoxy) is 2. The fourth-order valence-corrected chi connectivity index (χ4v) is 23.2. The first-order chi connectivity index (χ1) is 15.9. The Morgan fingerprint density at radius 3 is 2.21 bits per heavy atom. The molecule has 0 radical (unpaired) electrons. The first kappa shape index (κ1) is 25.4. The monoisotopic (exact) mass is 582 g/mol. The predicted octanol–water partition coefficient (Wildman–Crippen LogP) is 6.87. The Kier molecular flexibility index (Phi) is 8.08. The Labute approximate surface area is 207 Å². The number of halogens is 1. The molecule has 0 spiro atoms. The topological polar surface area (TPSA) is 62.1 Å². The Balaban J connectivity index is 1.82. The van der Waals surface area contributed by atoms with Crippen LogP contribution in [0.4, 0.5) is 0 Å². The van der Waals surface area contributed by atoms with Crippen LogP contribution in [0.1, 0.15) is 79.2 Å². The third-order valence-electron chi connectivity index (χ3n) is 7.40. The van der Waals surface area contributed by atoms with Gasteiger partial charge in [0.15, 0.2) is 0 Å². The van der Waals surface area contributed by atoms with Gasteiger partial charge in [-0.3, -0.25) is 0 Å². The second-order valence-corrected chi connectivity index (χ2v) is 23.8. The van der Waals surface area contributed by atoms with Gasteiger partial charge in [-0.25, -0.2) is 0 Å². The minimum absolute atomic E-state index is 0.0173. The summed E-state index contributed by atoms with van der Waals surface area (Å²) in [5, 5.41) is 0.392. The van der Waals surface area contributed by atoms with E-state index in [1.165, 1.54) is 58.2 Å². The normalized spacial score (nSPS) is 24.4. The van der Waals surface area contributed by atoms with Gasteiger partial charge in [-0.05, 0) is 0 Å². The third kappa shape index (κ3) is 5.00. The van der Waals surface area contributed by atoms with Crippen LogP contribution in [0.3, 0.4) is 0 Å². The molecule has 6 nitrogen and oxygen atoms in total. The molecule has 1 fully saturated rings. The molecule has 0 saturated carbocycles. The van der Waals surface area contributed by atoms with Crippen molar-refractivity contribution in [3.05, 3.63) is 27.5 Å². The molecule has 2 aliphatic rings. The zero-order valence-electron chi connectivity index (χ0n) is 20.8. The molecular formula is C25H39ClN4O2Sn. The summed E-state index contributed by atoms with van der Waals surface area (Å²) in [5.41, 5.74) is 1.41. The van der Waals surface area contributed by atoms with Crippen LogP contribution in [-0.4, -0.2) is 55.9 Å². The molecular weight excluding hydrogens is 542 g/mol. The maximum absolute atomic E-state index is 6.66. The molecule has 2 aromatic rings. The third-order valence-corrected chi connectivity index (χ3v) is 23.7. The summed E-state index contributed by atoms with van der Waals surface area (Å²) in [6.07, 6.45) is 13.6. The molecule has 33 heavy (non-hydrogen) atoms. The van der Waals surface area contributed by atoms with Gasteiger partial charge in [-0.2, -0.15) is 0 Å². The van der Waals surface area contributed by atoms with Crippen molar-refractivity contribution in [1.82, 2.24) is 19.5 Å². The second-order valence-electron chi connectivity index (χ2n) is 10.2. The number of imidazole rings is 1. The van der Waals surface area contributed by atoms with E-state index >= 15 is 0 Å². The fourth-order valence-electron chi connectivity index (χ4n) is 5.77. The first-order valence-corrected chi connectivity index (χ1v) is 20.6. The van der Waals surface area contributed by atoms with Gasteiger partial charge in [0.25, 0.3) is 0 Å². The summed E-state index contributed by atoms with van der Waals surface area (Å²) in [7, 11) is 0. The van der Waals surface area contributed by atoms with Crippen LogP contribution in [0.25, 0.3) is 11.2 Å². The van der Waals surface area contributed by atoms with Gasteiger partial charge < -0.3 is 0 Å². The molecule has 2 aromatic heterocycles. The average molecular weight is 582 g/mol. The molecule has 0 aromatic carbocycles. The van der Waals surface area contributed by atoms with Gasteiger partial charge in [0, 0.05) is 0 Å². The Bertz CT molecular complexity index is 970. The number of hydrogen-bond acceptors (Lipinski definition) is 5. The molecule has 1 aliphatic carbocycles. The molecule has 3 atom stereocenters. The van der Waals surface area contributed by atoms with Crippen LogP contribution in [0, 0.1) is 0 Å². The predicted molar refractivity (Wildman–Crippen MR) is 136 cm³/mol. The summed E-state index contributed by atoms with van der Waals surface area (Å²) in [6, 6.07) is 0.0173. The van der Waals surface area contributed by atoms with Crippen molar-refractivity contribution in [2.45, 2.75) is 110 Å². The van der Waals surface area contributed by atoms with Gasteiger partial charge in [0.1, 0.15) is 0 Å². The van der Waals surface area contributed by atoms with E-state index in [2.05, 4.69) is 46.4 Å². The van der Waals surface area contributed by atoms with Crippen LogP contribution in [0.15, 0.2) is 22.3 Å². The van der Waals surface area contributed by atoms with Crippen LogP contribution in [0.2, 0.25) is 18.5 Å². The molecule has 3 heterocycles. The van der Waals surface area contributed by atoms with Crippen molar-refractivity contribution >= 4 is 41.1 Å². The van der Waals surface area contributed by atoms with Crippen LogP contribution in [0.5, 0.6) is 0 Å². The minimum atomic E-state index is -2.71.